The zero-order chi connectivity index (χ0) is 15.4. The first-order valence-electron chi connectivity index (χ1n) is 6.69. The van der Waals surface area contributed by atoms with Gasteiger partial charge in [-0.15, -0.1) is 0 Å². The minimum absolute atomic E-state index is 0.123. The molecule has 2 rings (SSSR count). The number of carbonyl (C=O) groups is 2. The van der Waals surface area contributed by atoms with Crippen molar-refractivity contribution in [2.75, 3.05) is 24.6 Å². The van der Waals surface area contributed by atoms with E-state index >= 15 is 0 Å². The van der Waals surface area contributed by atoms with Gasteiger partial charge in [-0.2, -0.15) is 0 Å². The third-order valence-electron chi connectivity index (χ3n) is 3.48. The van der Waals surface area contributed by atoms with Gasteiger partial charge in [0.1, 0.15) is 6.54 Å². The van der Waals surface area contributed by atoms with E-state index in [0.717, 1.165) is 12.8 Å². The molecule has 6 nitrogen and oxygen atoms in total. The van der Waals surface area contributed by atoms with E-state index in [-0.39, 0.29) is 12.6 Å². The molecule has 0 saturated carbocycles. The molecule has 0 radical (unpaired) electrons. The highest BCUT2D eigenvalue weighted by molar-refractivity contribution is 6.30. The normalized spacial score (nSPS) is 17.8. The molecule has 2 N–H and O–H groups in total. The number of aliphatic hydroxyl groups excluding tert-OH is 1. The van der Waals surface area contributed by atoms with E-state index in [1.807, 2.05) is 0 Å². The summed E-state index contributed by atoms with van der Waals surface area (Å²) >= 11 is 5.91. The number of carboxylic acids is 1. The van der Waals surface area contributed by atoms with Crippen LogP contribution in [0.15, 0.2) is 24.3 Å². The molecule has 1 aliphatic heterocycles. The predicted molar refractivity (Wildman–Crippen MR) is 78.6 cm³/mol. The fourth-order valence-electron chi connectivity index (χ4n) is 2.48. The van der Waals surface area contributed by atoms with Gasteiger partial charge in [0.25, 0.3) is 0 Å². The Hall–Kier alpha value is -1.79. The first-order chi connectivity index (χ1) is 10.0. The Morgan fingerprint density at radius 2 is 2.19 bits per heavy atom. The molecule has 7 heteroatoms. The van der Waals surface area contributed by atoms with Gasteiger partial charge in [0.15, 0.2) is 0 Å². The molecule has 114 valence electrons. The van der Waals surface area contributed by atoms with Crippen molar-refractivity contribution in [3.05, 3.63) is 29.3 Å². The molecule has 1 aliphatic rings. The van der Waals surface area contributed by atoms with Crippen LogP contribution in [-0.2, 0) is 4.79 Å². The number of benzene rings is 1. The van der Waals surface area contributed by atoms with E-state index in [0.29, 0.717) is 17.3 Å². The monoisotopic (exact) mass is 312 g/mol. The molecular weight excluding hydrogens is 296 g/mol. The lowest BCUT2D eigenvalue weighted by Gasteiger charge is -2.30. The van der Waals surface area contributed by atoms with Gasteiger partial charge >= 0.3 is 12.0 Å². The largest absolute Gasteiger partial charge is 0.480 e. The molecular formula is C14H17ClN2O4. The van der Waals surface area contributed by atoms with Gasteiger partial charge in [0.2, 0.25) is 0 Å². The summed E-state index contributed by atoms with van der Waals surface area (Å²) < 4.78 is 0. The second-order valence-electron chi connectivity index (χ2n) is 4.91. The number of anilines is 1. The number of likely N-dealkylation sites (tertiary alicyclic amines) is 1. The Morgan fingerprint density at radius 3 is 2.81 bits per heavy atom. The first-order valence-corrected chi connectivity index (χ1v) is 7.07. The lowest BCUT2D eigenvalue weighted by molar-refractivity contribution is -0.135. The molecule has 1 fully saturated rings. The zero-order valence-corrected chi connectivity index (χ0v) is 12.2. The van der Waals surface area contributed by atoms with Gasteiger partial charge in [-0.3, -0.25) is 9.69 Å². The zero-order valence-electron chi connectivity index (χ0n) is 11.4. The van der Waals surface area contributed by atoms with Crippen LogP contribution in [0.5, 0.6) is 0 Å². The number of carboxylic acid groups (broad SMARTS) is 1. The van der Waals surface area contributed by atoms with Crippen molar-refractivity contribution in [2.24, 2.45) is 0 Å². The number of nitrogens with zero attached hydrogens (tertiary/aromatic N) is 2. The minimum atomic E-state index is -1.11. The number of halogens is 1. The number of urea groups is 1. The van der Waals surface area contributed by atoms with Crippen LogP contribution < -0.4 is 4.90 Å². The van der Waals surface area contributed by atoms with Crippen molar-refractivity contribution in [3.8, 4) is 0 Å². The van der Waals surface area contributed by atoms with Gasteiger partial charge in [0, 0.05) is 17.3 Å². The molecule has 1 aromatic carbocycles. The molecule has 1 atom stereocenters. The van der Waals surface area contributed by atoms with Crippen molar-refractivity contribution in [1.82, 2.24) is 4.90 Å². The molecule has 1 heterocycles. The van der Waals surface area contributed by atoms with E-state index in [1.165, 1.54) is 9.80 Å². The van der Waals surface area contributed by atoms with Gasteiger partial charge in [0.05, 0.1) is 12.6 Å². The highest BCUT2D eigenvalue weighted by Crippen LogP contribution is 2.24. The van der Waals surface area contributed by atoms with Crippen LogP contribution in [0.3, 0.4) is 0 Å². The van der Waals surface area contributed by atoms with Crippen molar-refractivity contribution >= 4 is 29.3 Å². The van der Waals surface area contributed by atoms with Crippen molar-refractivity contribution < 1.29 is 19.8 Å². The molecule has 0 bridgehead atoms. The average molecular weight is 313 g/mol. The summed E-state index contributed by atoms with van der Waals surface area (Å²) in [5, 5.41) is 18.8. The number of carbonyl (C=O) groups excluding carboxylic acids is 1. The topological polar surface area (TPSA) is 81.1 Å². The lowest BCUT2D eigenvalue weighted by atomic mass is 10.2. The summed E-state index contributed by atoms with van der Waals surface area (Å²) in [5.74, 6) is -1.11. The number of aliphatic hydroxyl groups is 1. The summed E-state index contributed by atoms with van der Waals surface area (Å²) in [6.07, 6.45) is 1.52. The van der Waals surface area contributed by atoms with Gasteiger partial charge < -0.3 is 15.1 Å². The average Bonchev–Trinajstić information content (AvgIpc) is 2.92. The highest BCUT2D eigenvalue weighted by atomic mass is 35.5. The van der Waals surface area contributed by atoms with E-state index in [9.17, 15) is 14.7 Å². The number of aliphatic carboxylic acids is 1. The minimum Gasteiger partial charge on any atom is -0.480 e. The lowest BCUT2D eigenvalue weighted by Crippen LogP contribution is -2.48. The summed E-state index contributed by atoms with van der Waals surface area (Å²) in [4.78, 5) is 26.3. The van der Waals surface area contributed by atoms with Crippen LogP contribution in [0, 0.1) is 0 Å². The van der Waals surface area contributed by atoms with Gasteiger partial charge in [-0.05, 0) is 31.0 Å². The molecule has 21 heavy (non-hydrogen) atoms. The molecule has 0 aromatic heterocycles. The summed E-state index contributed by atoms with van der Waals surface area (Å²) in [5.41, 5.74) is 0.429. The molecule has 0 aliphatic carbocycles. The Morgan fingerprint density at radius 1 is 1.43 bits per heavy atom. The third-order valence-corrected chi connectivity index (χ3v) is 3.71. The van der Waals surface area contributed by atoms with E-state index in [4.69, 9.17) is 16.7 Å². The van der Waals surface area contributed by atoms with E-state index in [2.05, 4.69) is 0 Å². The number of hydrogen-bond acceptors (Lipinski definition) is 3. The maximum absolute atomic E-state index is 12.6. The quantitative estimate of drug-likeness (QED) is 0.888. The molecule has 1 unspecified atom stereocenters. The Kier molecular flexibility index (Phi) is 5.03. The van der Waals surface area contributed by atoms with Crippen molar-refractivity contribution in [3.63, 3.8) is 0 Å². The molecule has 1 saturated heterocycles. The van der Waals surface area contributed by atoms with Crippen LogP contribution in [0.1, 0.15) is 12.8 Å². The van der Waals surface area contributed by atoms with E-state index < -0.39 is 18.5 Å². The summed E-state index contributed by atoms with van der Waals surface area (Å²) in [6.45, 7) is -0.0588. The second kappa shape index (κ2) is 6.78. The van der Waals surface area contributed by atoms with Gasteiger partial charge in [-0.25, -0.2) is 4.79 Å². The van der Waals surface area contributed by atoms with Crippen LogP contribution in [-0.4, -0.2) is 52.9 Å². The molecule has 2 amide bonds. The number of amides is 2. The van der Waals surface area contributed by atoms with E-state index in [1.54, 1.807) is 24.3 Å². The smallest absolute Gasteiger partial charge is 0.325 e. The van der Waals surface area contributed by atoms with Crippen LogP contribution in [0.4, 0.5) is 10.5 Å². The van der Waals surface area contributed by atoms with Crippen molar-refractivity contribution in [1.29, 1.82) is 0 Å². The van der Waals surface area contributed by atoms with Crippen LogP contribution >= 0.6 is 11.6 Å². The second-order valence-corrected chi connectivity index (χ2v) is 5.35. The third kappa shape index (κ3) is 3.65. The van der Waals surface area contributed by atoms with Crippen LogP contribution in [0.2, 0.25) is 5.02 Å². The standard InChI is InChI=1S/C14H17ClN2O4/c15-10-3-1-4-11(7-10)17(8-13(19)20)14(21)16-6-2-5-12(16)9-18/h1,3-4,7,12,18H,2,5-6,8-9H2,(H,19,20). The van der Waals surface area contributed by atoms with Crippen LogP contribution in [0.25, 0.3) is 0 Å². The predicted octanol–water partition coefficient (Wildman–Crippen LogP) is 1.81. The van der Waals surface area contributed by atoms with Crippen molar-refractivity contribution in [2.45, 2.75) is 18.9 Å². The fraction of sp³-hybridized carbons (Fsp3) is 0.429. The number of hydrogen-bond donors (Lipinski definition) is 2. The maximum Gasteiger partial charge on any atom is 0.325 e. The Bertz CT molecular complexity index is 537. The summed E-state index contributed by atoms with van der Waals surface area (Å²) in [6, 6.07) is 5.82. The number of rotatable bonds is 4. The first kappa shape index (κ1) is 15.6. The molecule has 0 spiro atoms. The Balaban J connectivity index is 2.27. The fourth-order valence-corrected chi connectivity index (χ4v) is 2.67. The Labute approximate surface area is 127 Å². The SMILES string of the molecule is O=C(O)CN(C(=O)N1CCCC1CO)c1cccc(Cl)c1. The molecule has 1 aromatic rings. The van der Waals surface area contributed by atoms with Gasteiger partial charge in [-0.1, -0.05) is 17.7 Å². The summed E-state index contributed by atoms with van der Waals surface area (Å²) in [7, 11) is 0. The maximum atomic E-state index is 12.6. The highest BCUT2D eigenvalue weighted by Gasteiger charge is 2.32.